The molecule has 0 spiro atoms. The SMILES string of the molecule is CCN1CCCC1C(=O)NCc1cc(F)ccc1S(=O)(=O)Nc1ccc2c(c1C(=O)O)OCC1CC21. The van der Waals surface area contributed by atoms with Crippen LogP contribution in [0, 0.1) is 11.7 Å². The first-order valence-electron chi connectivity index (χ1n) is 12.1. The summed E-state index contributed by atoms with van der Waals surface area (Å²) in [6.07, 6.45) is 2.52. The third-order valence-electron chi connectivity index (χ3n) is 7.25. The lowest BCUT2D eigenvalue weighted by Gasteiger charge is -2.22. The van der Waals surface area contributed by atoms with Gasteiger partial charge in [0.15, 0.2) is 0 Å². The summed E-state index contributed by atoms with van der Waals surface area (Å²) < 4.78 is 48.8. The number of amides is 1. The zero-order valence-corrected chi connectivity index (χ0v) is 20.6. The summed E-state index contributed by atoms with van der Waals surface area (Å²) >= 11 is 0. The van der Waals surface area contributed by atoms with Gasteiger partial charge in [0, 0.05) is 12.5 Å². The molecule has 0 radical (unpaired) electrons. The van der Waals surface area contributed by atoms with Gasteiger partial charge in [0.2, 0.25) is 5.91 Å². The van der Waals surface area contributed by atoms with E-state index in [0.29, 0.717) is 18.9 Å². The molecule has 2 aliphatic heterocycles. The number of carboxylic acid groups (broad SMARTS) is 1. The third kappa shape index (κ3) is 4.53. The summed E-state index contributed by atoms with van der Waals surface area (Å²) in [5, 5.41) is 12.6. The van der Waals surface area contributed by atoms with Crippen LogP contribution in [0.1, 0.15) is 53.6 Å². The zero-order chi connectivity index (χ0) is 25.6. The van der Waals surface area contributed by atoms with Gasteiger partial charge in [-0.3, -0.25) is 14.4 Å². The number of hydrogen-bond acceptors (Lipinski definition) is 6. The molecule has 5 rings (SSSR count). The molecule has 1 saturated heterocycles. The lowest BCUT2D eigenvalue weighted by atomic mass is 10.0. The fourth-order valence-electron chi connectivity index (χ4n) is 5.30. The highest BCUT2D eigenvalue weighted by molar-refractivity contribution is 7.92. The number of rotatable bonds is 8. The average Bonchev–Trinajstić information content (AvgIpc) is 3.48. The number of hydrogen-bond donors (Lipinski definition) is 3. The number of carbonyl (C=O) groups is 2. The van der Waals surface area contributed by atoms with Crippen molar-refractivity contribution >= 4 is 27.6 Å². The van der Waals surface area contributed by atoms with Crippen LogP contribution in [0.3, 0.4) is 0 Å². The van der Waals surface area contributed by atoms with Crippen molar-refractivity contribution in [2.24, 2.45) is 5.92 Å². The quantitative estimate of drug-likeness (QED) is 0.492. The van der Waals surface area contributed by atoms with Crippen molar-refractivity contribution < 1.29 is 32.2 Å². The van der Waals surface area contributed by atoms with Gasteiger partial charge in [-0.15, -0.1) is 0 Å². The number of fused-ring (bicyclic) bond motifs is 3. The first-order chi connectivity index (χ1) is 17.2. The molecular formula is C25H28FN3O6S. The average molecular weight is 518 g/mol. The predicted molar refractivity (Wildman–Crippen MR) is 129 cm³/mol. The highest BCUT2D eigenvalue weighted by atomic mass is 32.2. The van der Waals surface area contributed by atoms with E-state index in [2.05, 4.69) is 10.0 Å². The van der Waals surface area contributed by atoms with Crippen LogP contribution in [-0.4, -0.2) is 56.0 Å². The van der Waals surface area contributed by atoms with Gasteiger partial charge < -0.3 is 15.2 Å². The van der Waals surface area contributed by atoms with Crippen molar-refractivity contribution in [2.45, 2.75) is 49.6 Å². The molecule has 9 nitrogen and oxygen atoms in total. The maximum Gasteiger partial charge on any atom is 0.341 e. The van der Waals surface area contributed by atoms with Gasteiger partial charge in [0.1, 0.15) is 17.1 Å². The molecule has 11 heteroatoms. The highest BCUT2D eigenvalue weighted by Crippen LogP contribution is 2.55. The van der Waals surface area contributed by atoms with E-state index in [1.54, 1.807) is 6.07 Å². The molecule has 3 aliphatic rings. The number of sulfonamides is 1. The van der Waals surface area contributed by atoms with Crippen molar-refractivity contribution in [3.8, 4) is 5.75 Å². The topological polar surface area (TPSA) is 125 Å². The van der Waals surface area contributed by atoms with Crippen LogP contribution in [0.5, 0.6) is 5.75 Å². The van der Waals surface area contributed by atoms with Crippen molar-refractivity contribution in [3.05, 3.63) is 52.8 Å². The summed E-state index contributed by atoms with van der Waals surface area (Å²) in [5.41, 5.74) is 0.442. The van der Waals surface area contributed by atoms with E-state index < -0.39 is 21.8 Å². The second-order valence-corrected chi connectivity index (χ2v) is 11.1. The van der Waals surface area contributed by atoms with Crippen molar-refractivity contribution in [3.63, 3.8) is 0 Å². The molecule has 1 amide bonds. The van der Waals surface area contributed by atoms with Gasteiger partial charge in [-0.2, -0.15) is 0 Å². The van der Waals surface area contributed by atoms with Gasteiger partial charge in [-0.05, 0) is 73.7 Å². The summed E-state index contributed by atoms with van der Waals surface area (Å²) in [6.45, 7) is 3.71. The van der Waals surface area contributed by atoms with Crippen LogP contribution in [0.15, 0.2) is 35.2 Å². The normalized spacial score (nSPS) is 22.8. The summed E-state index contributed by atoms with van der Waals surface area (Å²) in [7, 11) is -4.33. The van der Waals surface area contributed by atoms with E-state index in [1.165, 1.54) is 6.07 Å². The number of halogens is 1. The van der Waals surface area contributed by atoms with Gasteiger partial charge in [-0.25, -0.2) is 17.6 Å². The van der Waals surface area contributed by atoms with E-state index in [1.807, 2.05) is 11.8 Å². The molecule has 0 aromatic heterocycles. The number of carbonyl (C=O) groups excluding carboxylic acids is 1. The maximum absolute atomic E-state index is 14.1. The number of ether oxygens (including phenoxy) is 1. The van der Waals surface area contributed by atoms with Crippen LogP contribution in [0.2, 0.25) is 0 Å². The number of anilines is 1. The van der Waals surface area contributed by atoms with Gasteiger partial charge in [0.25, 0.3) is 10.0 Å². The number of benzene rings is 2. The zero-order valence-electron chi connectivity index (χ0n) is 19.8. The molecule has 0 bridgehead atoms. The fourth-order valence-corrected chi connectivity index (χ4v) is 6.59. The Labute approximate surface area is 208 Å². The Balaban J connectivity index is 1.41. The van der Waals surface area contributed by atoms with E-state index in [9.17, 15) is 27.5 Å². The van der Waals surface area contributed by atoms with Crippen LogP contribution in [0.25, 0.3) is 0 Å². The van der Waals surface area contributed by atoms with Crippen LogP contribution in [-0.2, 0) is 21.4 Å². The lowest BCUT2D eigenvalue weighted by molar-refractivity contribution is -0.125. The Morgan fingerprint density at radius 3 is 2.81 bits per heavy atom. The van der Waals surface area contributed by atoms with Crippen LogP contribution < -0.4 is 14.8 Å². The lowest BCUT2D eigenvalue weighted by Crippen LogP contribution is -2.43. The van der Waals surface area contributed by atoms with Gasteiger partial charge in [-0.1, -0.05) is 13.0 Å². The van der Waals surface area contributed by atoms with Crippen LogP contribution in [0.4, 0.5) is 10.1 Å². The molecule has 2 aromatic carbocycles. The first-order valence-corrected chi connectivity index (χ1v) is 13.5. The Morgan fingerprint density at radius 1 is 1.25 bits per heavy atom. The third-order valence-corrected chi connectivity index (χ3v) is 8.71. The molecule has 3 unspecified atom stereocenters. The molecule has 1 aliphatic carbocycles. The molecular weight excluding hydrogens is 489 g/mol. The molecule has 2 aromatic rings. The highest BCUT2D eigenvalue weighted by Gasteiger charge is 2.45. The predicted octanol–water partition coefficient (Wildman–Crippen LogP) is 2.92. The minimum atomic E-state index is -4.33. The van der Waals surface area contributed by atoms with Gasteiger partial charge >= 0.3 is 5.97 Å². The van der Waals surface area contributed by atoms with Crippen molar-refractivity contribution in [1.29, 1.82) is 0 Å². The Hall–Kier alpha value is -3.18. The van der Waals surface area contributed by atoms with Crippen molar-refractivity contribution in [1.82, 2.24) is 10.2 Å². The molecule has 2 fully saturated rings. The number of nitrogens with one attached hydrogen (secondary N) is 2. The van der Waals surface area contributed by atoms with E-state index in [4.69, 9.17) is 4.74 Å². The van der Waals surface area contributed by atoms with Crippen LogP contribution >= 0.6 is 0 Å². The standard InChI is InChI=1S/C25H28FN3O6S/c1-2-29-9-3-4-20(29)24(30)27-12-14-10-16(26)5-8-21(14)36(33,34)28-19-7-6-17-18-11-15(18)13-35-23(17)22(19)25(31)32/h5-8,10,15,18,20,28H,2-4,9,11-13H2,1H3,(H,27,30)(H,31,32). The maximum atomic E-state index is 14.1. The van der Waals surface area contributed by atoms with E-state index >= 15 is 0 Å². The monoisotopic (exact) mass is 517 g/mol. The second kappa shape index (κ2) is 9.36. The first kappa shape index (κ1) is 24.5. The fraction of sp³-hybridized carbons (Fsp3) is 0.440. The summed E-state index contributed by atoms with van der Waals surface area (Å²) in [5.74, 6) is -1.42. The second-order valence-electron chi connectivity index (χ2n) is 9.49. The smallest absolute Gasteiger partial charge is 0.341 e. The van der Waals surface area contributed by atoms with Crippen molar-refractivity contribution in [2.75, 3.05) is 24.4 Å². The molecule has 3 N–H and O–H groups in total. The Kier molecular flexibility index (Phi) is 6.37. The molecule has 36 heavy (non-hydrogen) atoms. The number of likely N-dealkylation sites (tertiary alicyclic amines) is 1. The summed E-state index contributed by atoms with van der Waals surface area (Å²) in [6, 6.07) is 5.99. The number of carboxylic acids is 1. The number of aromatic carboxylic acids is 1. The summed E-state index contributed by atoms with van der Waals surface area (Å²) in [4.78, 5) is 26.6. The van der Waals surface area contributed by atoms with E-state index in [0.717, 1.165) is 49.7 Å². The van der Waals surface area contributed by atoms with E-state index in [-0.39, 0.29) is 51.9 Å². The Bertz CT molecular complexity index is 1330. The molecule has 1 saturated carbocycles. The molecule has 192 valence electrons. The number of nitrogens with zero attached hydrogens (tertiary/aromatic N) is 1. The Morgan fingerprint density at radius 2 is 2.06 bits per heavy atom. The minimum Gasteiger partial charge on any atom is -0.492 e. The number of likely N-dealkylation sites (N-methyl/N-ethyl adjacent to an activating group) is 1. The minimum absolute atomic E-state index is 0.0591. The van der Waals surface area contributed by atoms with Gasteiger partial charge in [0.05, 0.1) is 23.2 Å². The largest absolute Gasteiger partial charge is 0.492 e. The molecule has 2 heterocycles. The molecule has 3 atom stereocenters.